The molecule has 0 saturated heterocycles. The van der Waals surface area contributed by atoms with Gasteiger partial charge in [0.2, 0.25) is 5.41 Å². The zero-order chi connectivity index (χ0) is 19.8. The molecule has 3 atom stereocenters. The van der Waals surface area contributed by atoms with Gasteiger partial charge in [0.25, 0.3) is 0 Å². The number of nitriles is 3. The van der Waals surface area contributed by atoms with Crippen LogP contribution >= 0.6 is 11.6 Å². The van der Waals surface area contributed by atoms with Crippen LogP contribution in [0.1, 0.15) is 25.3 Å². The molecule has 2 aliphatic rings. The van der Waals surface area contributed by atoms with E-state index in [2.05, 4.69) is 37.0 Å². The van der Waals surface area contributed by atoms with Crippen molar-refractivity contribution in [3.63, 3.8) is 0 Å². The highest BCUT2D eigenvalue weighted by atomic mass is 35.5. The Labute approximate surface area is 164 Å². The summed E-state index contributed by atoms with van der Waals surface area (Å²) < 4.78 is 0. The van der Waals surface area contributed by atoms with Crippen molar-refractivity contribution in [2.24, 2.45) is 17.3 Å². The van der Waals surface area contributed by atoms with E-state index in [0.717, 1.165) is 5.56 Å². The smallest absolute Gasteiger partial charge is 0.203 e. The predicted molar refractivity (Wildman–Crippen MR) is 103 cm³/mol. The van der Waals surface area contributed by atoms with Gasteiger partial charge in [-0.25, -0.2) is 0 Å². The van der Waals surface area contributed by atoms with Crippen LogP contribution in [0.4, 0.5) is 0 Å². The third-order valence-corrected chi connectivity index (χ3v) is 6.13. The first-order valence-electron chi connectivity index (χ1n) is 8.91. The number of nitrogens with one attached hydrogen (secondary N) is 1. The molecule has 1 aliphatic heterocycles. The van der Waals surface area contributed by atoms with E-state index in [4.69, 9.17) is 17.0 Å². The largest absolute Gasteiger partial charge is 0.305 e. The highest BCUT2D eigenvalue weighted by Gasteiger charge is 2.56. The fourth-order valence-corrected chi connectivity index (χ4v) is 4.58. The summed E-state index contributed by atoms with van der Waals surface area (Å²) in [5, 5.41) is 38.7. The summed E-state index contributed by atoms with van der Waals surface area (Å²) in [5.41, 5.74) is -0.376. The number of hydrogen-bond acceptors (Lipinski definition) is 5. The van der Waals surface area contributed by atoms with Crippen LogP contribution in [0.3, 0.4) is 0 Å². The fourth-order valence-electron chi connectivity index (χ4n) is 4.31. The molecule has 3 rings (SSSR count). The van der Waals surface area contributed by atoms with Crippen LogP contribution in [-0.2, 0) is 0 Å². The van der Waals surface area contributed by atoms with Crippen LogP contribution in [0.15, 0.2) is 35.9 Å². The molecule has 1 heterocycles. The molecule has 0 amide bonds. The maximum Gasteiger partial charge on any atom is 0.203 e. The van der Waals surface area contributed by atoms with Crippen molar-refractivity contribution in [3.8, 4) is 18.2 Å². The van der Waals surface area contributed by atoms with Gasteiger partial charge in [0, 0.05) is 36.0 Å². The highest BCUT2D eigenvalue weighted by molar-refractivity contribution is 6.31. The van der Waals surface area contributed by atoms with E-state index in [0.29, 0.717) is 23.7 Å². The minimum atomic E-state index is -1.67. The van der Waals surface area contributed by atoms with Gasteiger partial charge in [0.05, 0.1) is 29.8 Å². The molecule has 136 valence electrons. The van der Waals surface area contributed by atoms with Gasteiger partial charge in [-0.05, 0) is 31.1 Å². The number of fused-ring (bicyclic) bond motifs is 1. The molecule has 1 saturated carbocycles. The average Bonchev–Trinajstić information content (AvgIpc) is 2.68. The van der Waals surface area contributed by atoms with Crippen LogP contribution in [0.25, 0.3) is 0 Å². The number of halogens is 1. The van der Waals surface area contributed by atoms with E-state index in [9.17, 15) is 15.8 Å². The first kappa shape index (κ1) is 19.1. The monoisotopic (exact) mass is 377 g/mol. The van der Waals surface area contributed by atoms with E-state index < -0.39 is 11.3 Å². The maximum atomic E-state index is 9.89. The lowest BCUT2D eigenvalue weighted by Crippen LogP contribution is -2.53. The standard InChI is InChI=1S/C21H20ClN5/c1-13(2)27-8-7-17-16(10-27)19(14-5-3-4-6-18(14)22)15(9-23)20(26)21(17,11-24)12-25/h3-7,13,15-16,19,26H,8,10H2,1-2H3/t15-,16+,19-/m1/s1. The van der Waals surface area contributed by atoms with Gasteiger partial charge in [0.15, 0.2) is 0 Å². The molecular weight excluding hydrogens is 358 g/mol. The summed E-state index contributed by atoms with van der Waals surface area (Å²) >= 11 is 6.45. The summed E-state index contributed by atoms with van der Waals surface area (Å²) in [7, 11) is 0. The lowest BCUT2D eigenvalue weighted by atomic mass is 9.55. The third kappa shape index (κ3) is 2.83. The maximum absolute atomic E-state index is 9.89. The van der Waals surface area contributed by atoms with Crippen LogP contribution in [0, 0.1) is 56.7 Å². The molecule has 5 nitrogen and oxygen atoms in total. The Hall–Kier alpha value is -2.65. The Balaban J connectivity index is 2.25. The van der Waals surface area contributed by atoms with Gasteiger partial charge in [-0.3, -0.25) is 4.90 Å². The topological polar surface area (TPSA) is 98.5 Å². The zero-order valence-electron chi connectivity index (χ0n) is 15.3. The quantitative estimate of drug-likeness (QED) is 0.790. The second-order valence-electron chi connectivity index (χ2n) is 7.35. The van der Waals surface area contributed by atoms with E-state index in [-0.39, 0.29) is 23.6 Å². The lowest BCUT2D eigenvalue weighted by molar-refractivity contribution is 0.175. The van der Waals surface area contributed by atoms with Crippen molar-refractivity contribution >= 4 is 17.3 Å². The Morgan fingerprint density at radius 2 is 1.89 bits per heavy atom. The van der Waals surface area contributed by atoms with Gasteiger partial charge in [-0.15, -0.1) is 0 Å². The Morgan fingerprint density at radius 3 is 2.44 bits per heavy atom. The number of nitrogens with zero attached hydrogens (tertiary/aromatic N) is 4. The molecule has 0 aromatic heterocycles. The molecule has 27 heavy (non-hydrogen) atoms. The van der Waals surface area contributed by atoms with Crippen molar-refractivity contribution in [1.82, 2.24) is 4.90 Å². The van der Waals surface area contributed by atoms with Crippen LogP contribution in [0.2, 0.25) is 5.02 Å². The first-order chi connectivity index (χ1) is 12.9. The second kappa shape index (κ2) is 7.16. The van der Waals surface area contributed by atoms with Gasteiger partial charge in [-0.2, -0.15) is 15.8 Å². The minimum absolute atomic E-state index is 0.139. The molecule has 0 bridgehead atoms. The number of rotatable bonds is 2. The molecule has 1 N–H and O–H groups in total. The summed E-state index contributed by atoms with van der Waals surface area (Å²) in [5.74, 6) is -1.46. The van der Waals surface area contributed by atoms with Gasteiger partial charge < -0.3 is 5.41 Å². The van der Waals surface area contributed by atoms with Crippen molar-refractivity contribution in [3.05, 3.63) is 46.5 Å². The molecule has 6 heteroatoms. The molecule has 0 spiro atoms. The highest BCUT2D eigenvalue weighted by Crippen LogP contribution is 2.53. The number of benzene rings is 1. The SMILES string of the molecule is CC(C)N1CC=C2[C@H](C1)[C@H](c1ccccc1Cl)[C@@H](C#N)C(=N)C2(C#N)C#N. The van der Waals surface area contributed by atoms with Crippen LogP contribution in [-0.4, -0.2) is 29.7 Å². The Morgan fingerprint density at radius 1 is 1.22 bits per heavy atom. The Kier molecular flexibility index (Phi) is 5.07. The summed E-state index contributed by atoms with van der Waals surface area (Å²) in [6.07, 6.45) is 1.91. The van der Waals surface area contributed by atoms with Crippen LogP contribution < -0.4 is 0 Å². The van der Waals surface area contributed by atoms with Crippen LogP contribution in [0.5, 0.6) is 0 Å². The van der Waals surface area contributed by atoms with E-state index in [1.807, 2.05) is 24.3 Å². The van der Waals surface area contributed by atoms with Gasteiger partial charge >= 0.3 is 0 Å². The minimum Gasteiger partial charge on any atom is -0.305 e. The van der Waals surface area contributed by atoms with Crippen molar-refractivity contribution in [2.45, 2.75) is 25.8 Å². The lowest BCUT2D eigenvalue weighted by Gasteiger charge is -2.48. The fraction of sp³-hybridized carbons (Fsp3) is 0.429. The molecule has 1 fully saturated rings. The normalized spacial score (nSPS) is 27.1. The first-order valence-corrected chi connectivity index (χ1v) is 9.29. The van der Waals surface area contributed by atoms with E-state index in [1.165, 1.54) is 0 Å². The Bertz CT molecular complexity index is 913. The zero-order valence-corrected chi connectivity index (χ0v) is 16.0. The molecule has 1 aliphatic carbocycles. The van der Waals surface area contributed by atoms with Crippen molar-refractivity contribution in [2.75, 3.05) is 13.1 Å². The van der Waals surface area contributed by atoms with E-state index >= 15 is 0 Å². The van der Waals surface area contributed by atoms with Crippen molar-refractivity contribution in [1.29, 1.82) is 21.2 Å². The molecular formula is C21H20ClN5. The number of hydrogen-bond donors (Lipinski definition) is 1. The summed E-state index contributed by atoms with van der Waals surface area (Å²) in [6, 6.07) is 13.9. The average molecular weight is 378 g/mol. The molecule has 1 aromatic carbocycles. The molecule has 0 unspecified atom stereocenters. The molecule has 1 aromatic rings. The third-order valence-electron chi connectivity index (χ3n) is 5.79. The predicted octanol–water partition coefficient (Wildman–Crippen LogP) is 3.90. The molecule has 0 radical (unpaired) electrons. The van der Waals surface area contributed by atoms with Gasteiger partial charge in [0.1, 0.15) is 0 Å². The summed E-state index contributed by atoms with van der Waals surface area (Å²) in [4.78, 5) is 2.25. The van der Waals surface area contributed by atoms with E-state index in [1.54, 1.807) is 6.07 Å². The van der Waals surface area contributed by atoms with Crippen molar-refractivity contribution < 1.29 is 0 Å². The van der Waals surface area contributed by atoms with Gasteiger partial charge in [-0.1, -0.05) is 35.9 Å². The summed E-state index contributed by atoms with van der Waals surface area (Å²) in [6.45, 7) is 5.43. The second-order valence-corrected chi connectivity index (χ2v) is 7.76.